The Hall–Kier alpha value is -2.81. The Kier molecular flexibility index (Phi) is 6.64. The van der Waals surface area contributed by atoms with Crippen LogP contribution in [0.3, 0.4) is 0 Å². The number of hydrogen-bond acceptors (Lipinski definition) is 5. The molecule has 0 aliphatic carbocycles. The van der Waals surface area contributed by atoms with Gasteiger partial charge >= 0.3 is 5.97 Å². The fraction of sp³-hybridized carbons (Fsp3) is 0.312. The number of hydrogen-bond donors (Lipinski definition) is 2. The maximum Gasteiger partial charge on any atom is 0.340 e. The molecule has 116 valence electrons. The fourth-order valence-electron chi connectivity index (χ4n) is 1.57. The van der Waals surface area contributed by atoms with Gasteiger partial charge in [0.2, 0.25) is 0 Å². The monoisotopic (exact) mass is 301 g/mol. The van der Waals surface area contributed by atoms with Gasteiger partial charge in [-0.1, -0.05) is 12.1 Å². The topological polar surface area (TPSA) is 91.2 Å². The SMILES string of the molecule is CCOC(=O)c1ccccc1NC(=O)/C(C#N)=C\NC(C)C. The molecular weight excluding hydrogens is 282 g/mol. The molecule has 2 N–H and O–H groups in total. The minimum atomic E-state index is -0.590. The summed E-state index contributed by atoms with van der Waals surface area (Å²) in [6.07, 6.45) is 1.35. The molecule has 1 aromatic carbocycles. The summed E-state index contributed by atoms with van der Waals surface area (Å²) in [5.41, 5.74) is 0.468. The lowest BCUT2D eigenvalue weighted by Crippen LogP contribution is -2.21. The third kappa shape index (κ3) is 4.94. The largest absolute Gasteiger partial charge is 0.462 e. The summed E-state index contributed by atoms with van der Waals surface area (Å²) >= 11 is 0. The van der Waals surface area contributed by atoms with Crippen molar-refractivity contribution < 1.29 is 14.3 Å². The summed E-state index contributed by atoms with van der Waals surface area (Å²) in [4.78, 5) is 23.9. The molecule has 0 fully saturated rings. The maximum absolute atomic E-state index is 12.1. The Bertz CT molecular complexity index is 615. The highest BCUT2D eigenvalue weighted by Crippen LogP contribution is 2.17. The van der Waals surface area contributed by atoms with Crippen LogP contribution in [0.4, 0.5) is 5.69 Å². The molecule has 1 rings (SSSR count). The first-order chi connectivity index (χ1) is 10.5. The number of rotatable bonds is 6. The molecule has 0 saturated heterocycles. The smallest absolute Gasteiger partial charge is 0.340 e. The number of anilines is 1. The predicted molar refractivity (Wildman–Crippen MR) is 83.0 cm³/mol. The summed E-state index contributed by atoms with van der Waals surface area (Å²) in [5, 5.41) is 14.5. The van der Waals surface area contributed by atoms with E-state index in [1.54, 1.807) is 31.2 Å². The van der Waals surface area contributed by atoms with Crippen molar-refractivity contribution in [2.45, 2.75) is 26.8 Å². The first kappa shape index (κ1) is 17.2. The average Bonchev–Trinajstić information content (AvgIpc) is 2.48. The number of carbonyl (C=O) groups is 2. The molecule has 0 radical (unpaired) electrons. The Balaban J connectivity index is 2.95. The number of nitrogens with one attached hydrogen (secondary N) is 2. The molecule has 0 spiro atoms. The second-order valence-corrected chi connectivity index (χ2v) is 4.71. The Morgan fingerprint density at radius 2 is 2.05 bits per heavy atom. The van der Waals surface area contributed by atoms with Gasteiger partial charge in [0.05, 0.1) is 17.9 Å². The number of esters is 1. The highest BCUT2D eigenvalue weighted by Gasteiger charge is 2.16. The van der Waals surface area contributed by atoms with E-state index in [0.717, 1.165) is 0 Å². The van der Waals surface area contributed by atoms with Crippen molar-refractivity contribution in [3.8, 4) is 6.07 Å². The molecule has 0 aliphatic heterocycles. The average molecular weight is 301 g/mol. The highest BCUT2D eigenvalue weighted by atomic mass is 16.5. The van der Waals surface area contributed by atoms with Crippen LogP contribution in [0.5, 0.6) is 0 Å². The minimum Gasteiger partial charge on any atom is -0.462 e. The van der Waals surface area contributed by atoms with Crippen LogP contribution in [0.25, 0.3) is 0 Å². The fourth-order valence-corrected chi connectivity index (χ4v) is 1.57. The normalized spacial score (nSPS) is 10.8. The molecule has 0 aliphatic rings. The number of amides is 1. The Labute approximate surface area is 129 Å². The van der Waals surface area contributed by atoms with Crippen LogP contribution in [0, 0.1) is 11.3 Å². The highest BCUT2D eigenvalue weighted by molar-refractivity contribution is 6.09. The van der Waals surface area contributed by atoms with Crippen LogP contribution >= 0.6 is 0 Å². The van der Waals surface area contributed by atoms with E-state index >= 15 is 0 Å². The summed E-state index contributed by atoms with van der Waals surface area (Å²) in [7, 11) is 0. The molecule has 0 atom stereocenters. The molecule has 0 unspecified atom stereocenters. The van der Waals surface area contributed by atoms with Crippen LogP contribution in [0.2, 0.25) is 0 Å². The van der Waals surface area contributed by atoms with Crippen molar-refractivity contribution in [3.63, 3.8) is 0 Å². The van der Waals surface area contributed by atoms with Gasteiger partial charge in [0.1, 0.15) is 11.6 Å². The van der Waals surface area contributed by atoms with Gasteiger partial charge in [0, 0.05) is 12.2 Å². The van der Waals surface area contributed by atoms with Gasteiger partial charge in [-0.25, -0.2) is 4.79 Å². The number of nitrogens with zero attached hydrogens (tertiary/aromatic N) is 1. The number of carbonyl (C=O) groups excluding carboxylic acids is 2. The molecule has 6 nitrogen and oxygen atoms in total. The molecule has 0 aromatic heterocycles. The number of ether oxygens (including phenoxy) is 1. The lowest BCUT2D eigenvalue weighted by Gasteiger charge is -2.10. The van der Waals surface area contributed by atoms with Gasteiger partial charge in [-0.15, -0.1) is 0 Å². The predicted octanol–water partition coefficient (Wildman–Crippen LogP) is 2.21. The van der Waals surface area contributed by atoms with Gasteiger partial charge in [0.25, 0.3) is 5.91 Å². The zero-order valence-corrected chi connectivity index (χ0v) is 12.8. The molecule has 0 saturated carbocycles. The van der Waals surface area contributed by atoms with Crippen molar-refractivity contribution in [3.05, 3.63) is 41.6 Å². The first-order valence-electron chi connectivity index (χ1n) is 6.93. The van der Waals surface area contributed by atoms with Gasteiger partial charge < -0.3 is 15.4 Å². The maximum atomic E-state index is 12.1. The van der Waals surface area contributed by atoms with Gasteiger partial charge in [-0.3, -0.25) is 4.79 Å². The number of benzene rings is 1. The number of nitriles is 1. The van der Waals surface area contributed by atoms with Crippen LogP contribution in [0.1, 0.15) is 31.1 Å². The van der Waals surface area contributed by atoms with E-state index in [1.807, 2.05) is 19.9 Å². The lowest BCUT2D eigenvalue weighted by molar-refractivity contribution is -0.112. The van der Waals surface area contributed by atoms with Crippen LogP contribution < -0.4 is 10.6 Å². The summed E-state index contributed by atoms with van der Waals surface area (Å²) in [5.74, 6) is -1.12. The molecule has 0 heterocycles. The van der Waals surface area contributed by atoms with Gasteiger partial charge in [-0.2, -0.15) is 5.26 Å². The zero-order valence-electron chi connectivity index (χ0n) is 12.8. The number of para-hydroxylation sites is 1. The lowest BCUT2D eigenvalue weighted by atomic mass is 10.1. The third-order valence-corrected chi connectivity index (χ3v) is 2.60. The minimum absolute atomic E-state index is 0.0765. The van der Waals surface area contributed by atoms with Crippen molar-refractivity contribution >= 4 is 17.6 Å². The third-order valence-electron chi connectivity index (χ3n) is 2.60. The van der Waals surface area contributed by atoms with E-state index in [0.29, 0.717) is 5.69 Å². The molecule has 1 amide bonds. The molecular formula is C16H19N3O3. The van der Waals surface area contributed by atoms with Gasteiger partial charge in [-0.05, 0) is 32.9 Å². The van der Waals surface area contributed by atoms with E-state index in [9.17, 15) is 9.59 Å². The van der Waals surface area contributed by atoms with Crippen molar-refractivity contribution in [1.29, 1.82) is 5.26 Å². The van der Waals surface area contributed by atoms with Crippen LogP contribution in [0.15, 0.2) is 36.0 Å². The van der Waals surface area contributed by atoms with E-state index in [4.69, 9.17) is 10.00 Å². The van der Waals surface area contributed by atoms with Gasteiger partial charge in [0.15, 0.2) is 0 Å². The Morgan fingerprint density at radius 3 is 2.64 bits per heavy atom. The Morgan fingerprint density at radius 1 is 1.36 bits per heavy atom. The molecule has 0 bridgehead atoms. The molecule has 22 heavy (non-hydrogen) atoms. The summed E-state index contributed by atoms with van der Waals surface area (Å²) in [6, 6.07) is 8.40. The second-order valence-electron chi connectivity index (χ2n) is 4.71. The summed E-state index contributed by atoms with van der Waals surface area (Å²) in [6.45, 7) is 5.72. The van der Waals surface area contributed by atoms with E-state index in [2.05, 4.69) is 10.6 Å². The molecule has 6 heteroatoms. The van der Waals surface area contributed by atoms with Crippen molar-refractivity contribution in [1.82, 2.24) is 5.32 Å². The van der Waals surface area contributed by atoms with Crippen molar-refractivity contribution in [2.75, 3.05) is 11.9 Å². The van der Waals surface area contributed by atoms with E-state index < -0.39 is 11.9 Å². The quantitative estimate of drug-likeness (QED) is 0.477. The standard InChI is InChI=1S/C16H19N3O3/c1-4-22-16(21)13-7-5-6-8-14(13)19-15(20)12(9-17)10-18-11(2)3/h5-8,10-11,18H,4H2,1-3H3,(H,19,20)/b12-10-. The van der Waals surface area contributed by atoms with E-state index in [-0.39, 0.29) is 23.8 Å². The van der Waals surface area contributed by atoms with Crippen LogP contribution in [-0.2, 0) is 9.53 Å². The van der Waals surface area contributed by atoms with Crippen LogP contribution in [-0.4, -0.2) is 24.5 Å². The first-order valence-corrected chi connectivity index (χ1v) is 6.93. The zero-order chi connectivity index (χ0) is 16.5. The van der Waals surface area contributed by atoms with Crippen molar-refractivity contribution in [2.24, 2.45) is 0 Å². The summed E-state index contributed by atoms with van der Waals surface area (Å²) < 4.78 is 4.93. The molecule has 1 aromatic rings. The second kappa shape index (κ2) is 8.47. The van der Waals surface area contributed by atoms with E-state index in [1.165, 1.54) is 6.20 Å².